The molecule has 4 heteroatoms. The molecule has 1 aromatic heterocycles. The quantitative estimate of drug-likeness (QED) is 0.908. The zero-order chi connectivity index (χ0) is 14.4. The van der Waals surface area contributed by atoms with Crippen molar-refractivity contribution in [3.05, 3.63) is 30.1 Å². The molecule has 3 atom stereocenters. The van der Waals surface area contributed by atoms with Crippen molar-refractivity contribution < 1.29 is 4.74 Å². The number of aromatic nitrogens is 1. The monoisotopic (exact) mass is 275 g/mol. The SMILES string of the molecule is CN(Cc1cccnc1)CC1(N)C2CCOC2C1(C)C. The van der Waals surface area contributed by atoms with Crippen molar-refractivity contribution in [2.75, 3.05) is 20.2 Å². The van der Waals surface area contributed by atoms with Crippen LogP contribution in [0.4, 0.5) is 0 Å². The van der Waals surface area contributed by atoms with Gasteiger partial charge in [0.15, 0.2) is 0 Å². The van der Waals surface area contributed by atoms with E-state index >= 15 is 0 Å². The predicted molar refractivity (Wildman–Crippen MR) is 79.1 cm³/mol. The Morgan fingerprint density at radius 1 is 1.50 bits per heavy atom. The average Bonchev–Trinajstić information content (AvgIpc) is 2.88. The third-order valence-electron chi connectivity index (χ3n) is 5.37. The van der Waals surface area contributed by atoms with Gasteiger partial charge in [0.1, 0.15) is 0 Å². The Balaban J connectivity index is 1.68. The third kappa shape index (κ3) is 1.98. The fourth-order valence-electron chi connectivity index (χ4n) is 4.10. The van der Waals surface area contributed by atoms with E-state index < -0.39 is 0 Å². The molecule has 2 heterocycles. The minimum absolute atomic E-state index is 0.0529. The van der Waals surface area contributed by atoms with E-state index in [0.29, 0.717) is 12.0 Å². The van der Waals surface area contributed by atoms with Gasteiger partial charge in [-0.05, 0) is 25.1 Å². The van der Waals surface area contributed by atoms with Crippen LogP contribution < -0.4 is 5.73 Å². The lowest BCUT2D eigenvalue weighted by atomic mass is 9.48. The molecule has 1 saturated carbocycles. The number of ether oxygens (including phenoxy) is 1. The van der Waals surface area contributed by atoms with Crippen LogP contribution in [0.1, 0.15) is 25.8 Å². The van der Waals surface area contributed by atoms with Crippen LogP contribution >= 0.6 is 0 Å². The minimum Gasteiger partial charge on any atom is -0.377 e. The highest BCUT2D eigenvalue weighted by atomic mass is 16.5. The molecule has 0 spiro atoms. The number of likely N-dealkylation sites (N-methyl/N-ethyl adjacent to an activating group) is 1. The van der Waals surface area contributed by atoms with Gasteiger partial charge in [-0.3, -0.25) is 4.98 Å². The summed E-state index contributed by atoms with van der Waals surface area (Å²) in [5, 5.41) is 0. The van der Waals surface area contributed by atoms with Crippen molar-refractivity contribution in [2.24, 2.45) is 17.1 Å². The van der Waals surface area contributed by atoms with Gasteiger partial charge in [-0.1, -0.05) is 19.9 Å². The summed E-state index contributed by atoms with van der Waals surface area (Å²) in [5.74, 6) is 0.508. The summed E-state index contributed by atoms with van der Waals surface area (Å²) >= 11 is 0. The normalized spacial score (nSPS) is 34.9. The number of rotatable bonds is 4. The summed E-state index contributed by atoms with van der Waals surface area (Å²) in [6.07, 6.45) is 5.18. The van der Waals surface area contributed by atoms with Crippen molar-refractivity contribution in [3.8, 4) is 0 Å². The van der Waals surface area contributed by atoms with Crippen LogP contribution in [0.15, 0.2) is 24.5 Å². The average molecular weight is 275 g/mol. The number of pyridine rings is 1. The highest BCUT2D eigenvalue weighted by Gasteiger charge is 2.67. The van der Waals surface area contributed by atoms with Crippen LogP contribution in [0, 0.1) is 11.3 Å². The minimum atomic E-state index is -0.148. The lowest BCUT2D eigenvalue weighted by Gasteiger charge is -2.63. The summed E-state index contributed by atoms with van der Waals surface area (Å²) in [4.78, 5) is 6.49. The molecule has 1 aliphatic carbocycles. The van der Waals surface area contributed by atoms with E-state index in [9.17, 15) is 0 Å². The number of nitrogens with zero attached hydrogens (tertiary/aromatic N) is 2. The van der Waals surface area contributed by atoms with Gasteiger partial charge in [-0.2, -0.15) is 0 Å². The Labute approximate surface area is 121 Å². The van der Waals surface area contributed by atoms with Crippen molar-refractivity contribution >= 4 is 0 Å². The van der Waals surface area contributed by atoms with Crippen molar-refractivity contribution in [3.63, 3.8) is 0 Å². The molecular formula is C16H25N3O. The fourth-order valence-corrected chi connectivity index (χ4v) is 4.10. The van der Waals surface area contributed by atoms with Gasteiger partial charge in [0.05, 0.1) is 6.10 Å². The molecule has 0 radical (unpaired) electrons. The molecule has 20 heavy (non-hydrogen) atoms. The first-order valence-corrected chi connectivity index (χ1v) is 7.43. The maximum Gasteiger partial charge on any atom is 0.0691 e. The second-order valence-electron chi connectivity index (χ2n) is 6.98. The number of hydrogen-bond acceptors (Lipinski definition) is 4. The lowest BCUT2D eigenvalue weighted by molar-refractivity contribution is -0.162. The molecule has 2 aliphatic rings. The van der Waals surface area contributed by atoms with Gasteiger partial charge in [0.2, 0.25) is 0 Å². The highest BCUT2D eigenvalue weighted by Crippen LogP contribution is 2.58. The van der Waals surface area contributed by atoms with Gasteiger partial charge < -0.3 is 15.4 Å². The zero-order valence-electron chi connectivity index (χ0n) is 12.7. The van der Waals surface area contributed by atoms with Crippen LogP contribution in [0.3, 0.4) is 0 Å². The molecule has 0 aromatic carbocycles. The molecule has 2 fully saturated rings. The summed E-state index contributed by atoms with van der Waals surface area (Å²) in [6, 6.07) is 4.09. The molecular weight excluding hydrogens is 250 g/mol. The van der Waals surface area contributed by atoms with Crippen LogP contribution in [-0.2, 0) is 11.3 Å². The maximum atomic E-state index is 6.78. The largest absolute Gasteiger partial charge is 0.377 e. The first-order valence-electron chi connectivity index (χ1n) is 7.43. The van der Waals surface area contributed by atoms with Gasteiger partial charge in [-0.15, -0.1) is 0 Å². The highest BCUT2D eigenvalue weighted by molar-refractivity contribution is 5.22. The van der Waals surface area contributed by atoms with E-state index in [1.165, 1.54) is 5.56 Å². The van der Waals surface area contributed by atoms with E-state index in [4.69, 9.17) is 10.5 Å². The smallest absolute Gasteiger partial charge is 0.0691 e. The molecule has 0 bridgehead atoms. The van der Waals surface area contributed by atoms with E-state index in [2.05, 4.69) is 36.8 Å². The van der Waals surface area contributed by atoms with Crippen molar-refractivity contribution in [2.45, 2.75) is 38.5 Å². The molecule has 1 saturated heterocycles. The first kappa shape index (κ1) is 14.0. The summed E-state index contributed by atoms with van der Waals surface area (Å²) in [6.45, 7) is 7.15. The van der Waals surface area contributed by atoms with E-state index in [1.807, 2.05) is 18.5 Å². The molecule has 0 amide bonds. The standard InChI is InChI=1S/C16H25N3O/c1-15(2)14-13(6-8-20-14)16(15,17)11-19(3)10-12-5-4-7-18-9-12/h4-5,7,9,13-14H,6,8,10-11,17H2,1-3H3. The lowest BCUT2D eigenvalue weighted by Crippen LogP contribution is -2.77. The third-order valence-corrected chi connectivity index (χ3v) is 5.37. The molecule has 3 rings (SSSR count). The number of nitrogens with two attached hydrogens (primary N) is 1. The van der Waals surface area contributed by atoms with Crippen molar-refractivity contribution in [1.29, 1.82) is 0 Å². The Bertz CT molecular complexity index is 476. The summed E-state index contributed by atoms with van der Waals surface area (Å²) in [5.41, 5.74) is 7.92. The molecule has 1 aliphatic heterocycles. The van der Waals surface area contributed by atoms with Crippen LogP contribution in [0.5, 0.6) is 0 Å². The number of fused-ring (bicyclic) bond motifs is 1. The predicted octanol–water partition coefficient (Wildman–Crippen LogP) is 1.66. The molecule has 2 N–H and O–H groups in total. The van der Waals surface area contributed by atoms with Crippen molar-refractivity contribution in [1.82, 2.24) is 9.88 Å². The molecule has 3 unspecified atom stereocenters. The molecule has 1 aromatic rings. The Hall–Kier alpha value is -0.970. The summed E-state index contributed by atoms with van der Waals surface area (Å²) < 4.78 is 5.85. The number of hydrogen-bond donors (Lipinski definition) is 1. The van der Waals surface area contributed by atoms with Gasteiger partial charge in [0, 0.05) is 49.0 Å². The van der Waals surface area contributed by atoms with Gasteiger partial charge in [0.25, 0.3) is 0 Å². The zero-order valence-corrected chi connectivity index (χ0v) is 12.7. The Morgan fingerprint density at radius 2 is 2.30 bits per heavy atom. The summed E-state index contributed by atoms with van der Waals surface area (Å²) in [7, 11) is 2.14. The topological polar surface area (TPSA) is 51.4 Å². The van der Waals surface area contributed by atoms with Gasteiger partial charge >= 0.3 is 0 Å². The maximum absolute atomic E-state index is 6.78. The van der Waals surface area contributed by atoms with E-state index in [0.717, 1.165) is 26.1 Å². The first-order chi connectivity index (χ1) is 9.45. The Morgan fingerprint density at radius 3 is 3.00 bits per heavy atom. The van der Waals surface area contributed by atoms with Crippen LogP contribution in [0.25, 0.3) is 0 Å². The van der Waals surface area contributed by atoms with Crippen LogP contribution in [-0.4, -0.2) is 41.7 Å². The second-order valence-corrected chi connectivity index (χ2v) is 6.98. The fraction of sp³-hybridized carbons (Fsp3) is 0.688. The Kier molecular flexibility index (Phi) is 3.35. The van der Waals surface area contributed by atoms with E-state index in [1.54, 1.807) is 0 Å². The van der Waals surface area contributed by atoms with Crippen LogP contribution in [0.2, 0.25) is 0 Å². The van der Waals surface area contributed by atoms with Gasteiger partial charge in [-0.25, -0.2) is 0 Å². The molecule has 110 valence electrons. The molecule has 4 nitrogen and oxygen atoms in total. The van der Waals surface area contributed by atoms with E-state index in [-0.39, 0.29) is 11.0 Å². The second kappa shape index (κ2) is 4.79.